The van der Waals surface area contributed by atoms with Crippen molar-refractivity contribution in [2.24, 2.45) is 0 Å². The lowest BCUT2D eigenvalue weighted by molar-refractivity contribution is 0.107. The highest BCUT2D eigenvalue weighted by Gasteiger charge is 2.32. The molecule has 0 fully saturated rings. The lowest BCUT2D eigenvalue weighted by atomic mass is 9.89. The standard InChI is InChI=1S/C25H31N3O4/c1-25(2,3)23-19-15-32-16-27(24(19)28(26-23)18-10-8-7-9-11-18)14-17-12-20(29-4)22(31-6)21(13-17)30-5/h7-13H,14-16H2,1-6H3. The van der Waals surface area contributed by atoms with Crippen LogP contribution in [0.5, 0.6) is 17.2 Å². The minimum atomic E-state index is -0.108. The zero-order valence-corrected chi connectivity index (χ0v) is 19.6. The van der Waals surface area contributed by atoms with Crippen LogP contribution in [0.3, 0.4) is 0 Å². The molecule has 170 valence electrons. The van der Waals surface area contributed by atoms with Crippen molar-refractivity contribution in [3.8, 4) is 22.9 Å². The smallest absolute Gasteiger partial charge is 0.203 e. The van der Waals surface area contributed by atoms with Gasteiger partial charge in [0.05, 0.1) is 39.3 Å². The molecule has 2 heterocycles. The number of hydrogen-bond acceptors (Lipinski definition) is 6. The van der Waals surface area contributed by atoms with Crippen LogP contribution in [0, 0.1) is 0 Å². The molecule has 0 saturated heterocycles. The van der Waals surface area contributed by atoms with Gasteiger partial charge in [0.25, 0.3) is 0 Å². The molecule has 2 aromatic carbocycles. The summed E-state index contributed by atoms with van der Waals surface area (Å²) < 4.78 is 24.6. The molecule has 4 rings (SSSR count). The number of ether oxygens (including phenoxy) is 4. The number of methoxy groups -OCH3 is 3. The van der Waals surface area contributed by atoms with Crippen LogP contribution >= 0.6 is 0 Å². The fourth-order valence-corrected chi connectivity index (χ4v) is 4.14. The van der Waals surface area contributed by atoms with Crippen molar-refractivity contribution in [1.82, 2.24) is 9.78 Å². The van der Waals surface area contributed by atoms with E-state index in [-0.39, 0.29) is 5.41 Å². The van der Waals surface area contributed by atoms with Gasteiger partial charge >= 0.3 is 0 Å². The predicted molar refractivity (Wildman–Crippen MR) is 124 cm³/mol. The van der Waals surface area contributed by atoms with Gasteiger partial charge < -0.3 is 23.8 Å². The average molecular weight is 438 g/mol. The monoisotopic (exact) mass is 437 g/mol. The normalized spacial score (nSPS) is 13.6. The highest BCUT2D eigenvalue weighted by Crippen LogP contribution is 2.41. The van der Waals surface area contributed by atoms with E-state index in [1.54, 1.807) is 21.3 Å². The van der Waals surface area contributed by atoms with Gasteiger partial charge in [0.2, 0.25) is 5.75 Å². The molecule has 32 heavy (non-hydrogen) atoms. The van der Waals surface area contributed by atoms with Crippen molar-refractivity contribution in [2.75, 3.05) is 33.0 Å². The third-order valence-electron chi connectivity index (χ3n) is 5.56. The summed E-state index contributed by atoms with van der Waals surface area (Å²) in [4.78, 5) is 2.20. The maximum atomic E-state index is 6.01. The zero-order valence-electron chi connectivity index (χ0n) is 19.6. The Morgan fingerprint density at radius 3 is 2.19 bits per heavy atom. The van der Waals surface area contributed by atoms with Gasteiger partial charge in [0, 0.05) is 17.5 Å². The van der Waals surface area contributed by atoms with Crippen LogP contribution in [0.15, 0.2) is 42.5 Å². The van der Waals surface area contributed by atoms with Gasteiger partial charge in [-0.2, -0.15) is 5.10 Å². The van der Waals surface area contributed by atoms with Crippen LogP contribution in [0.2, 0.25) is 0 Å². The molecule has 0 aliphatic carbocycles. The molecular weight excluding hydrogens is 406 g/mol. The number of rotatable bonds is 6. The van der Waals surface area contributed by atoms with Gasteiger partial charge in [-0.15, -0.1) is 0 Å². The molecule has 3 aromatic rings. The molecular formula is C25H31N3O4. The quantitative estimate of drug-likeness (QED) is 0.558. The Balaban J connectivity index is 1.81. The van der Waals surface area contributed by atoms with E-state index < -0.39 is 0 Å². The van der Waals surface area contributed by atoms with Gasteiger partial charge in [0.15, 0.2) is 11.5 Å². The number of benzene rings is 2. The highest BCUT2D eigenvalue weighted by molar-refractivity contribution is 5.59. The molecule has 1 aromatic heterocycles. The van der Waals surface area contributed by atoms with Crippen molar-refractivity contribution in [3.63, 3.8) is 0 Å². The molecule has 0 spiro atoms. The van der Waals surface area contributed by atoms with Gasteiger partial charge in [-0.1, -0.05) is 39.0 Å². The molecule has 7 nitrogen and oxygen atoms in total. The second kappa shape index (κ2) is 8.74. The number of fused-ring (bicyclic) bond motifs is 1. The van der Waals surface area contributed by atoms with Crippen molar-refractivity contribution in [1.29, 1.82) is 0 Å². The Labute approximate surface area is 189 Å². The van der Waals surface area contributed by atoms with Crippen LogP contribution in [0.1, 0.15) is 37.6 Å². The van der Waals surface area contributed by atoms with Crippen LogP contribution in [0.4, 0.5) is 5.82 Å². The fraction of sp³-hybridized carbons (Fsp3) is 0.400. The maximum Gasteiger partial charge on any atom is 0.203 e. The van der Waals surface area contributed by atoms with Gasteiger partial charge in [0.1, 0.15) is 12.5 Å². The van der Waals surface area contributed by atoms with E-state index in [2.05, 4.69) is 37.8 Å². The molecule has 1 aliphatic rings. The molecule has 1 aliphatic heterocycles. The third kappa shape index (κ3) is 4.00. The maximum absolute atomic E-state index is 6.01. The van der Waals surface area contributed by atoms with Crippen molar-refractivity contribution >= 4 is 5.82 Å². The van der Waals surface area contributed by atoms with E-state index in [1.165, 1.54) is 0 Å². The van der Waals surface area contributed by atoms with E-state index in [0.717, 1.165) is 28.3 Å². The van der Waals surface area contributed by atoms with Crippen molar-refractivity contribution in [2.45, 2.75) is 39.3 Å². The summed E-state index contributed by atoms with van der Waals surface area (Å²) >= 11 is 0. The van der Waals surface area contributed by atoms with E-state index in [4.69, 9.17) is 24.0 Å². The molecule has 0 radical (unpaired) electrons. The first-order chi connectivity index (χ1) is 15.4. The zero-order chi connectivity index (χ0) is 22.9. The Morgan fingerprint density at radius 1 is 0.969 bits per heavy atom. The summed E-state index contributed by atoms with van der Waals surface area (Å²) in [5.74, 6) is 2.90. The molecule has 0 amide bonds. The first kappa shape index (κ1) is 22.0. The van der Waals surface area contributed by atoms with E-state index in [1.807, 2.05) is 35.0 Å². The SMILES string of the molecule is COc1cc(CN2COCc3c(C(C)(C)C)nn(-c4ccccc4)c32)cc(OC)c1OC. The summed E-state index contributed by atoms with van der Waals surface area (Å²) in [7, 11) is 4.86. The summed E-state index contributed by atoms with van der Waals surface area (Å²) in [6.07, 6.45) is 0. The summed E-state index contributed by atoms with van der Waals surface area (Å²) in [5.41, 5.74) is 4.11. The second-order valence-electron chi connectivity index (χ2n) is 8.86. The van der Waals surface area contributed by atoms with Crippen LogP contribution in [-0.2, 0) is 23.3 Å². The molecule has 0 atom stereocenters. The molecule has 0 N–H and O–H groups in total. The lowest BCUT2D eigenvalue weighted by Crippen LogP contribution is -2.32. The highest BCUT2D eigenvalue weighted by atomic mass is 16.5. The Bertz CT molecular complexity index is 1060. The summed E-state index contributed by atoms with van der Waals surface area (Å²) in [6, 6.07) is 14.2. The van der Waals surface area contributed by atoms with Crippen LogP contribution in [0.25, 0.3) is 5.69 Å². The number of aromatic nitrogens is 2. The first-order valence-corrected chi connectivity index (χ1v) is 10.7. The largest absolute Gasteiger partial charge is 0.493 e. The number of nitrogens with zero attached hydrogens (tertiary/aromatic N) is 3. The minimum absolute atomic E-state index is 0.108. The van der Waals surface area contributed by atoms with Crippen molar-refractivity contribution in [3.05, 3.63) is 59.3 Å². The molecule has 0 unspecified atom stereocenters. The predicted octanol–water partition coefficient (Wildman–Crippen LogP) is 4.69. The van der Waals surface area contributed by atoms with Gasteiger partial charge in [-0.25, -0.2) is 4.68 Å². The van der Waals surface area contributed by atoms with Gasteiger partial charge in [-0.3, -0.25) is 0 Å². The average Bonchev–Trinajstić information content (AvgIpc) is 3.20. The Morgan fingerprint density at radius 2 is 1.62 bits per heavy atom. The number of hydrogen-bond donors (Lipinski definition) is 0. The summed E-state index contributed by atoms with van der Waals surface area (Å²) in [6.45, 7) is 8.16. The van der Waals surface area contributed by atoms with Crippen molar-refractivity contribution < 1.29 is 18.9 Å². The fourth-order valence-electron chi connectivity index (χ4n) is 4.14. The molecule has 0 saturated carbocycles. The molecule has 7 heteroatoms. The number of para-hydroxylation sites is 1. The Kier molecular flexibility index (Phi) is 6.02. The lowest BCUT2D eigenvalue weighted by Gasteiger charge is -2.31. The van der Waals surface area contributed by atoms with Crippen LogP contribution < -0.4 is 19.1 Å². The molecule has 0 bridgehead atoms. The summed E-state index contributed by atoms with van der Waals surface area (Å²) in [5, 5.41) is 5.05. The first-order valence-electron chi connectivity index (χ1n) is 10.7. The van der Waals surface area contributed by atoms with E-state index >= 15 is 0 Å². The Hall–Kier alpha value is -3.19. The van der Waals surface area contributed by atoms with Crippen LogP contribution in [-0.4, -0.2) is 37.8 Å². The third-order valence-corrected chi connectivity index (χ3v) is 5.56. The van der Waals surface area contributed by atoms with E-state index in [0.29, 0.717) is 37.1 Å². The number of anilines is 1. The minimum Gasteiger partial charge on any atom is -0.493 e. The second-order valence-corrected chi connectivity index (χ2v) is 8.86. The van der Waals surface area contributed by atoms with E-state index in [9.17, 15) is 0 Å². The topological polar surface area (TPSA) is 58.0 Å². The van der Waals surface area contributed by atoms with Gasteiger partial charge in [-0.05, 0) is 29.8 Å².